The second-order valence-electron chi connectivity index (χ2n) is 6.76. The maximum absolute atomic E-state index is 12.3. The number of hydrogen-bond donors (Lipinski definition) is 3. The van der Waals surface area contributed by atoms with Crippen molar-refractivity contribution >= 4 is 29.1 Å². The molecule has 1 saturated carbocycles. The van der Waals surface area contributed by atoms with Crippen molar-refractivity contribution < 1.29 is 9.59 Å². The summed E-state index contributed by atoms with van der Waals surface area (Å²) in [6.45, 7) is 0.599. The van der Waals surface area contributed by atoms with Crippen molar-refractivity contribution in [3.63, 3.8) is 0 Å². The summed E-state index contributed by atoms with van der Waals surface area (Å²) in [5.41, 5.74) is 1.54. The minimum Gasteiger partial charge on any atom is -0.384 e. The highest BCUT2D eigenvalue weighted by Crippen LogP contribution is 2.35. The molecule has 1 heterocycles. The summed E-state index contributed by atoms with van der Waals surface area (Å²) >= 11 is 6.28. The Bertz CT molecular complexity index is 605. The quantitative estimate of drug-likeness (QED) is 0.731. The average Bonchev–Trinajstić information content (AvgIpc) is 2.60. The molecule has 2 aliphatic rings. The van der Waals surface area contributed by atoms with Gasteiger partial charge < -0.3 is 16.0 Å². The van der Waals surface area contributed by atoms with Gasteiger partial charge >= 0.3 is 0 Å². The molecule has 3 N–H and O–H groups in total. The van der Waals surface area contributed by atoms with Gasteiger partial charge in [-0.1, -0.05) is 0 Å². The molecule has 24 heavy (non-hydrogen) atoms. The fourth-order valence-electron chi connectivity index (χ4n) is 3.73. The zero-order valence-corrected chi connectivity index (χ0v) is 14.6. The van der Waals surface area contributed by atoms with Crippen LogP contribution >= 0.6 is 11.6 Å². The normalized spacial score (nSPS) is 29.3. The van der Waals surface area contributed by atoms with E-state index in [1.165, 1.54) is 0 Å². The van der Waals surface area contributed by atoms with Gasteiger partial charge in [-0.05, 0) is 55.9 Å². The molecule has 6 heteroatoms. The largest absolute Gasteiger partial charge is 0.384 e. The summed E-state index contributed by atoms with van der Waals surface area (Å²) in [5, 5.41) is 9.32. The van der Waals surface area contributed by atoms with Gasteiger partial charge in [0.15, 0.2) is 0 Å². The Hall–Kier alpha value is -1.75. The summed E-state index contributed by atoms with van der Waals surface area (Å²) in [4.78, 5) is 23.8. The molecule has 4 unspecified atom stereocenters. The first-order valence-corrected chi connectivity index (χ1v) is 9.01. The number of carbonyl (C=O) groups excluding carboxylic acids is 2. The van der Waals surface area contributed by atoms with Crippen LogP contribution in [0.2, 0.25) is 0 Å². The number of benzene rings is 1. The van der Waals surface area contributed by atoms with Gasteiger partial charge in [-0.15, -0.1) is 11.6 Å². The molecular formula is C18H24ClN3O2. The maximum Gasteiger partial charge on any atom is 0.251 e. The van der Waals surface area contributed by atoms with Crippen molar-refractivity contribution in [2.45, 2.75) is 37.1 Å². The van der Waals surface area contributed by atoms with Gasteiger partial charge in [0.1, 0.15) is 0 Å². The van der Waals surface area contributed by atoms with Crippen molar-refractivity contribution in [2.75, 3.05) is 18.9 Å². The van der Waals surface area contributed by atoms with Crippen molar-refractivity contribution in [3.8, 4) is 0 Å². The van der Waals surface area contributed by atoms with Gasteiger partial charge in [-0.3, -0.25) is 9.59 Å². The lowest BCUT2D eigenvalue weighted by atomic mass is 9.75. The third-order valence-electron chi connectivity index (χ3n) is 5.13. The van der Waals surface area contributed by atoms with E-state index >= 15 is 0 Å². The van der Waals surface area contributed by atoms with Gasteiger partial charge in [0.2, 0.25) is 5.91 Å². The van der Waals surface area contributed by atoms with Crippen LogP contribution in [0.25, 0.3) is 0 Å². The molecule has 0 spiro atoms. The summed E-state index contributed by atoms with van der Waals surface area (Å²) in [7, 11) is 1.61. The molecule has 2 fully saturated rings. The number of halogens is 1. The molecule has 1 aliphatic heterocycles. The lowest BCUT2D eigenvalue weighted by Crippen LogP contribution is -2.53. The van der Waals surface area contributed by atoms with Crippen LogP contribution in [-0.2, 0) is 4.79 Å². The highest BCUT2D eigenvalue weighted by Gasteiger charge is 2.38. The Kier molecular flexibility index (Phi) is 5.29. The molecule has 4 atom stereocenters. The minimum atomic E-state index is -0.104. The molecule has 1 aromatic rings. The Morgan fingerprint density at radius 1 is 1.25 bits per heavy atom. The van der Waals surface area contributed by atoms with E-state index in [9.17, 15) is 9.59 Å². The second kappa shape index (κ2) is 7.43. The highest BCUT2D eigenvalue weighted by molar-refractivity contribution is 6.20. The zero-order valence-electron chi connectivity index (χ0n) is 13.8. The molecule has 0 radical (unpaired) electrons. The van der Waals surface area contributed by atoms with E-state index in [0.29, 0.717) is 24.1 Å². The van der Waals surface area contributed by atoms with Crippen molar-refractivity contribution in [1.82, 2.24) is 10.6 Å². The predicted octanol–water partition coefficient (Wildman–Crippen LogP) is 2.37. The lowest BCUT2D eigenvalue weighted by molar-refractivity contribution is -0.129. The minimum absolute atomic E-state index is 0.0353. The second-order valence-corrected chi connectivity index (χ2v) is 7.37. The topological polar surface area (TPSA) is 70.2 Å². The van der Waals surface area contributed by atoms with Crippen LogP contribution in [0, 0.1) is 11.8 Å². The highest BCUT2D eigenvalue weighted by atomic mass is 35.5. The number of anilines is 1. The number of piperidine rings is 1. The molecule has 0 bridgehead atoms. The van der Waals surface area contributed by atoms with Gasteiger partial charge in [0.25, 0.3) is 5.91 Å². The predicted molar refractivity (Wildman–Crippen MR) is 95.3 cm³/mol. The first kappa shape index (κ1) is 17.1. The van der Waals surface area contributed by atoms with Crippen LogP contribution in [0.5, 0.6) is 0 Å². The number of fused-ring (bicyclic) bond motifs is 1. The third kappa shape index (κ3) is 3.83. The molecule has 130 valence electrons. The van der Waals surface area contributed by atoms with Crippen LogP contribution in [-0.4, -0.2) is 36.8 Å². The van der Waals surface area contributed by atoms with E-state index in [-0.39, 0.29) is 23.1 Å². The van der Waals surface area contributed by atoms with E-state index in [2.05, 4.69) is 16.0 Å². The maximum atomic E-state index is 12.3. The zero-order chi connectivity index (χ0) is 17.1. The van der Waals surface area contributed by atoms with E-state index in [4.69, 9.17) is 11.6 Å². The summed E-state index contributed by atoms with van der Waals surface area (Å²) in [6.07, 6.45) is 3.86. The first-order chi connectivity index (χ1) is 11.6. The van der Waals surface area contributed by atoms with Gasteiger partial charge in [-0.25, -0.2) is 0 Å². The average molecular weight is 350 g/mol. The smallest absolute Gasteiger partial charge is 0.251 e. The molecule has 0 aromatic heterocycles. The Morgan fingerprint density at radius 2 is 2.00 bits per heavy atom. The van der Waals surface area contributed by atoms with Crippen LogP contribution in [0.3, 0.4) is 0 Å². The van der Waals surface area contributed by atoms with Crippen LogP contribution in [0.1, 0.15) is 36.0 Å². The summed E-state index contributed by atoms with van der Waals surface area (Å²) in [5.74, 6) is 0.485. The lowest BCUT2D eigenvalue weighted by Gasteiger charge is -2.41. The van der Waals surface area contributed by atoms with E-state index in [0.717, 1.165) is 31.4 Å². The van der Waals surface area contributed by atoms with E-state index < -0.39 is 0 Å². The molecule has 5 nitrogen and oxygen atoms in total. The van der Waals surface area contributed by atoms with Crippen LogP contribution < -0.4 is 16.0 Å². The fourth-order valence-corrected chi connectivity index (χ4v) is 4.09. The van der Waals surface area contributed by atoms with Crippen molar-refractivity contribution in [1.29, 1.82) is 0 Å². The summed E-state index contributed by atoms with van der Waals surface area (Å²) < 4.78 is 0. The van der Waals surface area contributed by atoms with Crippen molar-refractivity contribution in [2.24, 2.45) is 11.8 Å². The fraction of sp³-hybridized carbons (Fsp3) is 0.556. The first-order valence-electron chi connectivity index (χ1n) is 8.57. The molecule has 3 rings (SSSR count). The van der Waals surface area contributed by atoms with Crippen molar-refractivity contribution in [3.05, 3.63) is 29.8 Å². The molecule has 2 amide bonds. The number of carbonyl (C=O) groups is 2. The van der Waals surface area contributed by atoms with Gasteiger partial charge in [0.05, 0.1) is 5.92 Å². The third-order valence-corrected chi connectivity index (χ3v) is 5.53. The number of hydrogen-bond acceptors (Lipinski definition) is 3. The summed E-state index contributed by atoms with van der Waals surface area (Å²) in [6, 6.07) is 7.58. The van der Waals surface area contributed by atoms with E-state index in [1.54, 1.807) is 19.2 Å². The van der Waals surface area contributed by atoms with E-state index in [1.807, 2.05) is 12.1 Å². The van der Waals surface area contributed by atoms with Gasteiger partial charge in [-0.2, -0.15) is 0 Å². The van der Waals surface area contributed by atoms with Gasteiger partial charge in [0, 0.05) is 36.3 Å². The molecule has 1 aliphatic carbocycles. The monoisotopic (exact) mass is 349 g/mol. The Labute approximate surface area is 147 Å². The SMILES string of the molecule is CNC(=O)c1ccc(NCC2CC3CC(Cl)CCC3NC2=O)cc1. The number of rotatable bonds is 4. The number of alkyl halides is 1. The standard InChI is InChI=1S/C18H24ClN3O2/c1-20-17(23)11-2-5-15(6-3-11)21-10-13-8-12-9-14(19)4-7-16(12)22-18(13)24/h2-3,5-6,12-14,16,21H,4,7-10H2,1H3,(H,20,23)(H,22,24). The number of amides is 2. The Balaban J connectivity index is 1.56. The molecule has 1 saturated heterocycles. The molecular weight excluding hydrogens is 326 g/mol. The Morgan fingerprint density at radius 3 is 2.71 bits per heavy atom. The number of nitrogens with one attached hydrogen (secondary N) is 3. The molecule has 1 aromatic carbocycles. The van der Waals surface area contributed by atoms with Crippen LogP contribution in [0.15, 0.2) is 24.3 Å². The van der Waals surface area contributed by atoms with Crippen LogP contribution in [0.4, 0.5) is 5.69 Å².